The predicted molar refractivity (Wildman–Crippen MR) is 104 cm³/mol. The molecule has 1 aliphatic heterocycles. The molecule has 0 radical (unpaired) electrons. The van der Waals surface area contributed by atoms with Gasteiger partial charge in [0.1, 0.15) is 0 Å². The molecule has 1 saturated heterocycles. The van der Waals surface area contributed by atoms with Crippen molar-refractivity contribution >= 4 is 44.5 Å². The molecule has 130 valence electrons. The van der Waals surface area contributed by atoms with Gasteiger partial charge < -0.3 is 4.90 Å². The van der Waals surface area contributed by atoms with E-state index in [4.69, 9.17) is 0 Å². The molecule has 0 saturated carbocycles. The van der Waals surface area contributed by atoms with E-state index >= 15 is 0 Å². The normalized spacial score (nSPS) is 16.1. The average molecular weight is 428 g/mol. The largest absolute Gasteiger partial charge is 0.340 e. The summed E-state index contributed by atoms with van der Waals surface area (Å²) in [7, 11) is 0. The molecule has 24 heavy (non-hydrogen) atoms. The molecule has 1 aliphatic rings. The van der Waals surface area contributed by atoms with Gasteiger partial charge in [0.05, 0.1) is 20.9 Å². The van der Waals surface area contributed by atoms with E-state index in [2.05, 4.69) is 51.8 Å². The highest BCUT2D eigenvalue weighted by atomic mass is 79.9. The van der Waals surface area contributed by atoms with Gasteiger partial charge >= 0.3 is 0 Å². The van der Waals surface area contributed by atoms with Crippen LogP contribution in [0, 0.1) is 0 Å². The Balaban J connectivity index is 1.47. The summed E-state index contributed by atoms with van der Waals surface area (Å²) >= 11 is 6.95. The summed E-state index contributed by atoms with van der Waals surface area (Å²) in [4.78, 5) is 22.8. The zero-order valence-corrected chi connectivity index (χ0v) is 17.2. The van der Waals surface area contributed by atoms with Gasteiger partial charge in [-0.25, -0.2) is 4.98 Å². The van der Waals surface area contributed by atoms with E-state index in [-0.39, 0.29) is 5.91 Å². The lowest BCUT2D eigenvalue weighted by Gasteiger charge is -2.34. The number of rotatable bonds is 5. The first-order valence-corrected chi connectivity index (χ1v) is 10.7. The second kappa shape index (κ2) is 8.08. The summed E-state index contributed by atoms with van der Waals surface area (Å²) in [5, 5.41) is 3.14. The van der Waals surface area contributed by atoms with Crippen LogP contribution in [0.3, 0.4) is 0 Å². The van der Waals surface area contributed by atoms with Crippen molar-refractivity contribution in [2.24, 2.45) is 0 Å². The van der Waals surface area contributed by atoms with Crippen LogP contribution in [0.1, 0.15) is 35.3 Å². The van der Waals surface area contributed by atoms with Crippen molar-refractivity contribution in [2.45, 2.75) is 32.7 Å². The molecule has 4 nitrogen and oxygen atoms in total. The number of nitrogens with zero attached hydrogens (tertiary/aromatic N) is 3. The fourth-order valence-corrected chi connectivity index (χ4v) is 5.11. The third-order valence-electron chi connectivity index (χ3n) is 4.13. The standard InChI is InChI=1S/C17H22BrN3OS2/c1-12(2)17-19-13(11-23-17)9-16(22)21-7-5-20(6-8-21)10-14-3-4-15(18)24-14/h3-4,11-12H,5-10H2,1-2H3. The number of thiazole rings is 1. The van der Waals surface area contributed by atoms with Crippen molar-refractivity contribution in [1.29, 1.82) is 0 Å². The highest BCUT2D eigenvalue weighted by molar-refractivity contribution is 9.11. The zero-order valence-electron chi connectivity index (χ0n) is 14.0. The summed E-state index contributed by atoms with van der Waals surface area (Å²) in [6.07, 6.45) is 0.432. The van der Waals surface area contributed by atoms with E-state index in [0.717, 1.165) is 43.4 Å². The lowest BCUT2D eigenvalue weighted by Crippen LogP contribution is -2.48. The van der Waals surface area contributed by atoms with Crippen LogP contribution in [0.5, 0.6) is 0 Å². The molecular formula is C17H22BrN3OS2. The number of amides is 1. The van der Waals surface area contributed by atoms with Crippen LogP contribution in [0.15, 0.2) is 21.3 Å². The molecule has 0 aliphatic carbocycles. The van der Waals surface area contributed by atoms with E-state index < -0.39 is 0 Å². The fraction of sp³-hybridized carbons (Fsp3) is 0.529. The molecule has 0 N–H and O–H groups in total. The van der Waals surface area contributed by atoms with Crippen LogP contribution in [0.25, 0.3) is 0 Å². The third kappa shape index (κ3) is 4.65. The van der Waals surface area contributed by atoms with Gasteiger partial charge in [-0.05, 0) is 28.1 Å². The number of thiophene rings is 1. The second-order valence-electron chi connectivity index (χ2n) is 6.37. The maximum Gasteiger partial charge on any atom is 0.228 e. The van der Waals surface area contributed by atoms with Gasteiger partial charge in [-0.1, -0.05) is 13.8 Å². The topological polar surface area (TPSA) is 36.4 Å². The smallest absolute Gasteiger partial charge is 0.228 e. The number of hydrogen-bond acceptors (Lipinski definition) is 5. The molecule has 0 spiro atoms. The molecule has 2 aromatic rings. The molecule has 0 bridgehead atoms. The second-order valence-corrected chi connectivity index (χ2v) is 9.81. The van der Waals surface area contributed by atoms with Gasteiger partial charge in [0.2, 0.25) is 5.91 Å². The summed E-state index contributed by atoms with van der Waals surface area (Å²) in [6.45, 7) is 8.75. The molecule has 0 atom stereocenters. The Morgan fingerprint density at radius 2 is 2.04 bits per heavy atom. The van der Waals surface area contributed by atoms with Crippen molar-refractivity contribution in [3.05, 3.63) is 36.9 Å². The van der Waals surface area contributed by atoms with Crippen LogP contribution < -0.4 is 0 Å². The van der Waals surface area contributed by atoms with E-state index in [1.807, 2.05) is 10.3 Å². The van der Waals surface area contributed by atoms with Gasteiger partial charge in [0.15, 0.2) is 0 Å². The Hall–Kier alpha value is -0.760. The van der Waals surface area contributed by atoms with Crippen molar-refractivity contribution in [1.82, 2.24) is 14.8 Å². The Labute approximate surface area is 159 Å². The lowest BCUT2D eigenvalue weighted by atomic mass is 10.2. The van der Waals surface area contributed by atoms with Gasteiger partial charge in [-0.15, -0.1) is 22.7 Å². The molecule has 1 fully saturated rings. The SMILES string of the molecule is CC(C)c1nc(CC(=O)N2CCN(Cc3ccc(Br)s3)CC2)cs1. The molecule has 2 aromatic heterocycles. The number of carbonyl (C=O) groups excluding carboxylic acids is 1. The van der Waals surface area contributed by atoms with E-state index in [0.29, 0.717) is 12.3 Å². The van der Waals surface area contributed by atoms with Gasteiger partial charge in [-0.2, -0.15) is 0 Å². The Kier molecular flexibility index (Phi) is 6.07. The van der Waals surface area contributed by atoms with Crippen molar-refractivity contribution in [3.8, 4) is 0 Å². The summed E-state index contributed by atoms with van der Waals surface area (Å²) in [6, 6.07) is 4.26. The minimum Gasteiger partial charge on any atom is -0.340 e. The third-order valence-corrected chi connectivity index (χ3v) is 6.93. The van der Waals surface area contributed by atoms with Gasteiger partial charge in [0, 0.05) is 48.9 Å². The van der Waals surface area contributed by atoms with Crippen LogP contribution in [-0.2, 0) is 17.8 Å². The van der Waals surface area contributed by atoms with Crippen LogP contribution in [0.2, 0.25) is 0 Å². The Bertz CT molecular complexity index is 690. The van der Waals surface area contributed by atoms with Crippen LogP contribution in [-0.4, -0.2) is 46.9 Å². The number of carbonyl (C=O) groups is 1. The number of piperazine rings is 1. The summed E-state index contributed by atoms with van der Waals surface area (Å²) in [5.74, 6) is 0.633. The van der Waals surface area contributed by atoms with Crippen molar-refractivity contribution < 1.29 is 4.79 Å². The molecule has 3 heterocycles. The van der Waals surface area contributed by atoms with Gasteiger partial charge in [-0.3, -0.25) is 9.69 Å². The molecule has 1 amide bonds. The molecule has 7 heteroatoms. The molecule has 0 aromatic carbocycles. The van der Waals surface area contributed by atoms with E-state index in [9.17, 15) is 4.79 Å². The Morgan fingerprint density at radius 3 is 2.62 bits per heavy atom. The first-order chi connectivity index (χ1) is 11.5. The van der Waals surface area contributed by atoms with Gasteiger partial charge in [0.25, 0.3) is 0 Å². The first-order valence-electron chi connectivity index (χ1n) is 8.20. The maximum atomic E-state index is 12.5. The molecule has 3 rings (SSSR count). The van der Waals surface area contributed by atoms with E-state index in [1.54, 1.807) is 22.7 Å². The summed E-state index contributed by atoms with van der Waals surface area (Å²) < 4.78 is 1.18. The highest BCUT2D eigenvalue weighted by Crippen LogP contribution is 2.24. The fourth-order valence-electron chi connectivity index (χ4n) is 2.75. The zero-order chi connectivity index (χ0) is 17.1. The Morgan fingerprint density at radius 1 is 1.29 bits per heavy atom. The maximum absolute atomic E-state index is 12.5. The monoisotopic (exact) mass is 427 g/mol. The summed E-state index contributed by atoms with van der Waals surface area (Å²) in [5.41, 5.74) is 0.916. The predicted octanol–water partition coefficient (Wildman–Crippen LogP) is 3.98. The lowest BCUT2D eigenvalue weighted by molar-refractivity contribution is -0.132. The van der Waals surface area contributed by atoms with Crippen molar-refractivity contribution in [3.63, 3.8) is 0 Å². The van der Waals surface area contributed by atoms with Crippen LogP contribution in [0.4, 0.5) is 0 Å². The highest BCUT2D eigenvalue weighted by Gasteiger charge is 2.22. The average Bonchev–Trinajstić information content (AvgIpc) is 3.17. The minimum atomic E-state index is 0.203. The molecule has 0 unspecified atom stereocenters. The number of halogens is 1. The van der Waals surface area contributed by atoms with Crippen molar-refractivity contribution in [2.75, 3.05) is 26.2 Å². The quantitative estimate of drug-likeness (QED) is 0.723. The number of aromatic nitrogens is 1. The minimum absolute atomic E-state index is 0.203. The van der Waals surface area contributed by atoms with E-state index in [1.165, 1.54) is 8.66 Å². The number of hydrogen-bond donors (Lipinski definition) is 0. The first kappa shape index (κ1) is 18.0. The molecular weight excluding hydrogens is 406 g/mol. The van der Waals surface area contributed by atoms with Crippen LogP contribution >= 0.6 is 38.6 Å².